The van der Waals surface area contributed by atoms with Gasteiger partial charge in [0.25, 0.3) is 0 Å². The Morgan fingerprint density at radius 1 is 1.12 bits per heavy atom. The Kier molecular flexibility index (Phi) is 3.40. The van der Waals surface area contributed by atoms with Crippen molar-refractivity contribution < 1.29 is 0 Å². The van der Waals surface area contributed by atoms with E-state index < -0.39 is 0 Å². The highest BCUT2D eigenvalue weighted by Crippen LogP contribution is 2.28. The number of benzene rings is 2. The number of rotatable bonds is 1. The van der Waals surface area contributed by atoms with Crippen LogP contribution in [0.5, 0.6) is 0 Å². The molecule has 0 atom stereocenters. The summed E-state index contributed by atoms with van der Waals surface area (Å²) in [4.78, 5) is 4.73. The third-order valence-corrected chi connectivity index (χ3v) is 4.35. The molecule has 0 N–H and O–H groups in total. The number of nitriles is 1. The van der Waals surface area contributed by atoms with Crippen LogP contribution in [0.3, 0.4) is 0 Å². The average molecular weight is 334 g/mol. The number of aromatic nitrogens is 3. The predicted molar refractivity (Wildman–Crippen MR) is 91.6 cm³/mol. The number of aliphatic imine (C=N–C) groups is 1. The van der Waals surface area contributed by atoms with Crippen molar-refractivity contribution in [3.8, 4) is 11.8 Å². The fraction of sp³-hybridized carbons (Fsp3) is 0.111. The highest BCUT2D eigenvalue weighted by Gasteiger charge is 2.22. The molecular weight excluding hydrogens is 322 g/mol. The molecular formula is C18H12ClN5. The second kappa shape index (κ2) is 5.59. The van der Waals surface area contributed by atoms with Crippen LogP contribution in [0.15, 0.2) is 47.5 Å². The van der Waals surface area contributed by atoms with E-state index in [-0.39, 0.29) is 0 Å². The van der Waals surface area contributed by atoms with Gasteiger partial charge in [-0.15, -0.1) is 10.2 Å². The zero-order valence-electron chi connectivity index (χ0n) is 12.9. The lowest BCUT2D eigenvalue weighted by Gasteiger charge is -2.13. The maximum atomic E-state index is 9.28. The molecule has 0 saturated heterocycles. The summed E-state index contributed by atoms with van der Waals surface area (Å²) in [6, 6.07) is 15.3. The molecule has 0 spiro atoms. The summed E-state index contributed by atoms with van der Waals surface area (Å²) in [6.07, 6.45) is 0. The maximum Gasteiger partial charge on any atom is 0.159 e. The molecule has 0 radical (unpaired) electrons. The van der Waals surface area contributed by atoms with Crippen molar-refractivity contribution in [1.82, 2.24) is 14.8 Å². The minimum absolute atomic E-state index is 0.401. The quantitative estimate of drug-likeness (QED) is 0.685. The van der Waals surface area contributed by atoms with Crippen LogP contribution in [-0.2, 0) is 6.54 Å². The molecule has 6 heteroatoms. The van der Waals surface area contributed by atoms with Gasteiger partial charge in [-0.25, -0.2) is 0 Å². The van der Waals surface area contributed by atoms with Crippen LogP contribution in [0.25, 0.3) is 5.69 Å². The standard InChI is InChI=1S/C18H12ClN5/c1-11-22-23-17-10-21-18(13-4-2-3-5-15(13)19)14-8-12(9-20)6-7-16(14)24(11)17/h2-8H,10H2,1H3. The summed E-state index contributed by atoms with van der Waals surface area (Å²) in [5, 5.41) is 18.3. The van der Waals surface area contributed by atoms with E-state index >= 15 is 0 Å². The number of aryl methyl sites for hydroxylation is 1. The molecule has 24 heavy (non-hydrogen) atoms. The largest absolute Gasteiger partial charge is 0.281 e. The molecule has 0 bridgehead atoms. The number of nitrogens with zero attached hydrogens (tertiary/aromatic N) is 5. The Bertz CT molecular complexity index is 1030. The van der Waals surface area contributed by atoms with Gasteiger partial charge in [0.2, 0.25) is 0 Å². The molecule has 3 aromatic rings. The molecule has 5 nitrogen and oxygen atoms in total. The topological polar surface area (TPSA) is 66.9 Å². The van der Waals surface area contributed by atoms with Gasteiger partial charge < -0.3 is 0 Å². The summed E-state index contributed by atoms with van der Waals surface area (Å²) in [7, 11) is 0. The third-order valence-electron chi connectivity index (χ3n) is 4.02. The van der Waals surface area contributed by atoms with Crippen molar-refractivity contribution in [1.29, 1.82) is 5.26 Å². The van der Waals surface area contributed by atoms with E-state index in [4.69, 9.17) is 16.6 Å². The van der Waals surface area contributed by atoms with E-state index in [1.165, 1.54) is 0 Å². The second-order valence-electron chi connectivity index (χ2n) is 5.49. The number of hydrogen-bond donors (Lipinski definition) is 0. The van der Waals surface area contributed by atoms with Crippen molar-refractivity contribution in [3.05, 3.63) is 75.8 Å². The number of fused-ring (bicyclic) bond motifs is 3. The third kappa shape index (κ3) is 2.20. The summed E-state index contributed by atoms with van der Waals surface area (Å²) in [6.45, 7) is 2.30. The Morgan fingerprint density at radius 2 is 1.96 bits per heavy atom. The Balaban J connectivity index is 2.04. The second-order valence-corrected chi connectivity index (χ2v) is 5.89. The minimum Gasteiger partial charge on any atom is -0.281 e. The van der Waals surface area contributed by atoms with Crippen LogP contribution in [0.4, 0.5) is 0 Å². The van der Waals surface area contributed by atoms with E-state index in [1.54, 1.807) is 6.07 Å². The molecule has 0 unspecified atom stereocenters. The highest BCUT2D eigenvalue weighted by molar-refractivity contribution is 6.35. The predicted octanol–water partition coefficient (Wildman–Crippen LogP) is 3.45. The summed E-state index contributed by atoms with van der Waals surface area (Å²) >= 11 is 6.39. The fourth-order valence-corrected chi connectivity index (χ4v) is 3.16. The molecule has 0 fully saturated rings. The van der Waals surface area contributed by atoms with Gasteiger partial charge in [0, 0.05) is 16.1 Å². The Labute approximate surface area is 143 Å². The van der Waals surface area contributed by atoms with Crippen LogP contribution >= 0.6 is 11.6 Å². The molecule has 2 aromatic carbocycles. The molecule has 1 aliphatic heterocycles. The van der Waals surface area contributed by atoms with Crippen LogP contribution in [-0.4, -0.2) is 20.5 Å². The lowest BCUT2D eigenvalue weighted by atomic mass is 9.98. The summed E-state index contributed by atoms with van der Waals surface area (Å²) in [5.74, 6) is 1.55. The lowest BCUT2D eigenvalue weighted by Crippen LogP contribution is -2.09. The number of halogens is 1. The normalized spacial score (nSPS) is 12.6. The van der Waals surface area contributed by atoms with Gasteiger partial charge in [0.1, 0.15) is 12.4 Å². The van der Waals surface area contributed by atoms with Crippen LogP contribution in [0.2, 0.25) is 5.02 Å². The van der Waals surface area contributed by atoms with Gasteiger partial charge in [-0.05, 0) is 31.2 Å². The smallest absolute Gasteiger partial charge is 0.159 e. The molecule has 1 aliphatic rings. The van der Waals surface area contributed by atoms with Gasteiger partial charge >= 0.3 is 0 Å². The first-order chi connectivity index (χ1) is 11.7. The van der Waals surface area contributed by atoms with E-state index in [0.29, 0.717) is 17.1 Å². The van der Waals surface area contributed by atoms with E-state index in [9.17, 15) is 5.26 Å². The lowest BCUT2D eigenvalue weighted by molar-refractivity contribution is 0.861. The molecule has 0 saturated carbocycles. The van der Waals surface area contributed by atoms with Gasteiger partial charge in [0.05, 0.1) is 23.0 Å². The summed E-state index contributed by atoms with van der Waals surface area (Å²) < 4.78 is 1.98. The zero-order chi connectivity index (χ0) is 16.7. The molecule has 0 aliphatic carbocycles. The SMILES string of the molecule is Cc1nnc2n1-c1ccc(C#N)cc1C(c1ccccc1Cl)=NC2. The monoisotopic (exact) mass is 333 g/mol. The zero-order valence-corrected chi connectivity index (χ0v) is 13.6. The van der Waals surface area contributed by atoms with Gasteiger partial charge in [-0.3, -0.25) is 9.56 Å². The molecule has 2 heterocycles. The first-order valence-electron chi connectivity index (χ1n) is 7.44. The van der Waals surface area contributed by atoms with E-state index in [2.05, 4.69) is 16.3 Å². The van der Waals surface area contributed by atoms with Crippen molar-refractivity contribution in [2.75, 3.05) is 0 Å². The van der Waals surface area contributed by atoms with Crippen molar-refractivity contribution in [3.63, 3.8) is 0 Å². The van der Waals surface area contributed by atoms with E-state index in [1.807, 2.05) is 47.9 Å². The molecule has 0 amide bonds. The van der Waals surface area contributed by atoms with E-state index in [0.717, 1.165) is 34.2 Å². The summed E-state index contributed by atoms with van der Waals surface area (Å²) in [5.41, 5.74) is 3.93. The average Bonchev–Trinajstić information content (AvgIpc) is 2.88. The first kappa shape index (κ1) is 14.6. The van der Waals surface area contributed by atoms with Crippen LogP contribution in [0, 0.1) is 18.3 Å². The fourth-order valence-electron chi connectivity index (χ4n) is 2.93. The molecule has 1 aromatic heterocycles. The van der Waals surface area contributed by atoms with Gasteiger partial charge in [-0.1, -0.05) is 29.8 Å². The van der Waals surface area contributed by atoms with Crippen molar-refractivity contribution in [2.24, 2.45) is 4.99 Å². The van der Waals surface area contributed by atoms with Crippen LogP contribution < -0.4 is 0 Å². The maximum absolute atomic E-state index is 9.28. The number of hydrogen-bond acceptors (Lipinski definition) is 4. The minimum atomic E-state index is 0.401. The Morgan fingerprint density at radius 3 is 2.75 bits per heavy atom. The van der Waals surface area contributed by atoms with Gasteiger partial charge in [-0.2, -0.15) is 5.26 Å². The van der Waals surface area contributed by atoms with Crippen molar-refractivity contribution >= 4 is 17.3 Å². The highest BCUT2D eigenvalue weighted by atomic mass is 35.5. The van der Waals surface area contributed by atoms with Crippen LogP contribution in [0.1, 0.15) is 28.3 Å². The first-order valence-corrected chi connectivity index (χ1v) is 7.82. The van der Waals surface area contributed by atoms with Crippen molar-refractivity contribution in [2.45, 2.75) is 13.5 Å². The van der Waals surface area contributed by atoms with Gasteiger partial charge in [0.15, 0.2) is 5.82 Å². The Hall–Kier alpha value is -2.97. The molecule has 4 rings (SSSR count). The molecule has 116 valence electrons.